The van der Waals surface area contributed by atoms with Gasteiger partial charge >= 0.3 is 5.97 Å². The van der Waals surface area contributed by atoms with Crippen LogP contribution in [0.15, 0.2) is 24.3 Å². The lowest BCUT2D eigenvalue weighted by molar-refractivity contribution is -0.136. The Morgan fingerprint density at radius 2 is 1.95 bits per heavy atom. The number of nitrogens with one attached hydrogen (secondary N) is 1. The third kappa shape index (κ3) is 5.00. The summed E-state index contributed by atoms with van der Waals surface area (Å²) in [4.78, 5) is 13.0. The summed E-state index contributed by atoms with van der Waals surface area (Å²) in [6, 6.07) is 8.28. The molecule has 22 heavy (non-hydrogen) atoms. The smallest absolute Gasteiger partial charge is 0.307 e. The lowest BCUT2D eigenvalue weighted by Gasteiger charge is -2.34. The van der Waals surface area contributed by atoms with Crippen LogP contribution in [0.25, 0.3) is 0 Å². The lowest BCUT2D eigenvalue weighted by Crippen LogP contribution is -2.44. The van der Waals surface area contributed by atoms with Crippen molar-refractivity contribution in [2.24, 2.45) is 0 Å². The summed E-state index contributed by atoms with van der Waals surface area (Å²) in [6.45, 7) is 4.63. The van der Waals surface area contributed by atoms with Crippen LogP contribution in [0.1, 0.15) is 31.7 Å². The SMILES string of the molecule is CCC(O)CNC1CCN(c2ccc(CC(=O)O)cc2)CC1. The van der Waals surface area contributed by atoms with E-state index in [0.717, 1.165) is 43.6 Å². The first kappa shape index (κ1) is 16.8. The number of aliphatic hydroxyl groups is 1. The van der Waals surface area contributed by atoms with E-state index >= 15 is 0 Å². The van der Waals surface area contributed by atoms with Gasteiger partial charge in [-0.1, -0.05) is 19.1 Å². The standard InChI is InChI=1S/C17H26N2O3/c1-2-16(20)12-18-14-7-9-19(10-8-14)15-5-3-13(4-6-15)11-17(21)22/h3-6,14,16,18,20H,2,7-12H2,1H3,(H,21,22). The summed E-state index contributed by atoms with van der Waals surface area (Å²) in [6.07, 6.45) is 2.74. The number of aliphatic hydroxyl groups excluding tert-OH is 1. The van der Waals surface area contributed by atoms with E-state index in [-0.39, 0.29) is 12.5 Å². The maximum absolute atomic E-state index is 10.7. The van der Waals surface area contributed by atoms with Gasteiger partial charge in [0.15, 0.2) is 0 Å². The van der Waals surface area contributed by atoms with E-state index in [9.17, 15) is 9.90 Å². The van der Waals surface area contributed by atoms with Crippen LogP contribution in [0.5, 0.6) is 0 Å². The molecule has 1 saturated heterocycles. The molecule has 1 aliphatic heterocycles. The molecule has 1 aromatic carbocycles. The summed E-state index contributed by atoms with van der Waals surface area (Å²) in [7, 11) is 0. The molecule has 122 valence electrons. The quantitative estimate of drug-likeness (QED) is 0.714. The molecule has 5 heteroatoms. The summed E-state index contributed by atoms with van der Waals surface area (Å²) >= 11 is 0. The van der Waals surface area contributed by atoms with Crippen molar-refractivity contribution in [2.45, 2.75) is 44.8 Å². The minimum absolute atomic E-state index is 0.0754. The molecular formula is C17H26N2O3. The van der Waals surface area contributed by atoms with Crippen LogP contribution in [0, 0.1) is 0 Å². The minimum Gasteiger partial charge on any atom is -0.481 e. The Labute approximate surface area is 131 Å². The number of piperidine rings is 1. The maximum Gasteiger partial charge on any atom is 0.307 e. The number of anilines is 1. The topological polar surface area (TPSA) is 72.8 Å². The third-order valence-corrected chi connectivity index (χ3v) is 4.27. The second kappa shape index (κ2) is 8.15. The molecule has 0 spiro atoms. The van der Waals surface area contributed by atoms with E-state index < -0.39 is 5.97 Å². The molecule has 1 aliphatic rings. The fraction of sp³-hybridized carbons (Fsp3) is 0.588. The number of benzene rings is 1. The van der Waals surface area contributed by atoms with Crippen LogP contribution in [0.3, 0.4) is 0 Å². The molecule has 2 rings (SSSR count). The highest BCUT2D eigenvalue weighted by Gasteiger charge is 2.19. The summed E-state index contributed by atoms with van der Waals surface area (Å²) in [5, 5.41) is 21.8. The summed E-state index contributed by atoms with van der Waals surface area (Å²) in [5.41, 5.74) is 1.99. The first-order valence-corrected chi connectivity index (χ1v) is 8.05. The molecule has 0 bridgehead atoms. The number of hydrogen-bond donors (Lipinski definition) is 3. The van der Waals surface area contributed by atoms with Crippen LogP contribution in [-0.4, -0.2) is 48.0 Å². The molecule has 1 heterocycles. The molecule has 1 unspecified atom stereocenters. The minimum atomic E-state index is -0.797. The molecule has 5 nitrogen and oxygen atoms in total. The van der Waals surface area contributed by atoms with Gasteiger partial charge in [-0.15, -0.1) is 0 Å². The van der Waals surface area contributed by atoms with Gasteiger partial charge in [-0.05, 0) is 37.0 Å². The molecule has 1 atom stereocenters. The summed E-state index contributed by atoms with van der Waals surface area (Å²) in [5.74, 6) is -0.797. The van der Waals surface area contributed by atoms with Crippen molar-refractivity contribution in [3.8, 4) is 0 Å². The Morgan fingerprint density at radius 1 is 1.32 bits per heavy atom. The van der Waals surface area contributed by atoms with E-state index in [2.05, 4.69) is 10.2 Å². The largest absolute Gasteiger partial charge is 0.481 e. The molecule has 1 fully saturated rings. The zero-order chi connectivity index (χ0) is 15.9. The number of carboxylic acids is 1. The van der Waals surface area contributed by atoms with Gasteiger partial charge in [-0.25, -0.2) is 0 Å². The van der Waals surface area contributed by atoms with Crippen molar-refractivity contribution in [1.29, 1.82) is 0 Å². The molecule has 0 aliphatic carbocycles. The molecule has 0 saturated carbocycles. The Balaban J connectivity index is 1.80. The fourth-order valence-corrected chi connectivity index (χ4v) is 2.79. The normalized spacial score (nSPS) is 17.5. The monoisotopic (exact) mass is 306 g/mol. The Bertz CT molecular complexity index is 467. The highest BCUT2D eigenvalue weighted by atomic mass is 16.4. The number of aliphatic carboxylic acids is 1. The third-order valence-electron chi connectivity index (χ3n) is 4.27. The van der Waals surface area contributed by atoms with Gasteiger partial charge in [-0.3, -0.25) is 4.79 Å². The van der Waals surface area contributed by atoms with Crippen LogP contribution >= 0.6 is 0 Å². The zero-order valence-corrected chi connectivity index (χ0v) is 13.2. The Hall–Kier alpha value is -1.59. The number of nitrogens with zero attached hydrogens (tertiary/aromatic N) is 1. The van der Waals surface area contributed by atoms with Gasteiger partial charge in [0, 0.05) is 31.4 Å². The van der Waals surface area contributed by atoms with E-state index in [1.165, 1.54) is 0 Å². The Morgan fingerprint density at radius 3 is 2.50 bits per heavy atom. The zero-order valence-electron chi connectivity index (χ0n) is 13.2. The molecule has 0 aromatic heterocycles. The van der Waals surface area contributed by atoms with Crippen LogP contribution < -0.4 is 10.2 Å². The molecule has 0 radical (unpaired) electrons. The molecule has 3 N–H and O–H groups in total. The number of hydrogen-bond acceptors (Lipinski definition) is 4. The fourth-order valence-electron chi connectivity index (χ4n) is 2.79. The van der Waals surface area contributed by atoms with E-state index in [0.29, 0.717) is 12.6 Å². The number of rotatable bonds is 7. The molecular weight excluding hydrogens is 280 g/mol. The highest BCUT2D eigenvalue weighted by molar-refractivity contribution is 5.70. The molecule has 1 aromatic rings. The van der Waals surface area contributed by atoms with E-state index in [1.807, 2.05) is 31.2 Å². The van der Waals surface area contributed by atoms with Crippen molar-refractivity contribution >= 4 is 11.7 Å². The van der Waals surface area contributed by atoms with Crippen LogP contribution in [0.2, 0.25) is 0 Å². The molecule has 0 amide bonds. The van der Waals surface area contributed by atoms with Crippen molar-refractivity contribution in [3.05, 3.63) is 29.8 Å². The number of carboxylic acid groups (broad SMARTS) is 1. The van der Waals surface area contributed by atoms with Gasteiger partial charge < -0.3 is 20.4 Å². The van der Waals surface area contributed by atoms with Gasteiger partial charge in [0.2, 0.25) is 0 Å². The van der Waals surface area contributed by atoms with Crippen molar-refractivity contribution < 1.29 is 15.0 Å². The average molecular weight is 306 g/mol. The second-order valence-corrected chi connectivity index (χ2v) is 5.97. The first-order chi connectivity index (χ1) is 10.6. The van der Waals surface area contributed by atoms with Gasteiger partial charge in [0.1, 0.15) is 0 Å². The summed E-state index contributed by atoms with van der Waals surface area (Å²) < 4.78 is 0. The predicted molar refractivity (Wildman–Crippen MR) is 87.3 cm³/mol. The van der Waals surface area contributed by atoms with Crippen molar-refractivity contribution in [1.82, 2.24) is 5.32 Å². The van der Waals surface area contributed by atoms with Gasteiger partial charge in [0.25, 0.3) is 0 Å². The average Bonchev–Trinajstić information content (AvgIpc) is 2.53. The van der Waals surface area contributed by atoms with Crippen molar-refractivity contribution in [2.75, 3.05) is 24.5 Å². The van der Waals surface area contributed by atoms with Crippen molar-refractivity contribution in [3.63, 3.8) is 0 Å². The van der Waals surface area contributed by atoms with Crippen LogP contribution in [-0.2, 0) is 11.2 Å². The van der Waals surface area contributed by atoms with E-state index in [4.69, 9.17) is 5.11 Å². The second-order valence-electron chi connectivity index (χ2n) is 5.97. The maximum atomic E-state index is 10.7. The van der Waals surface area contributed by atoms with Gasteiger partial charge in [0.05, 0.1) is 12.5 Å². The number of carbonyl (C=O) groups is 1. The predicted octanol–water partition coefficient (Wildman–Crippen LogP) is 1.64. The lowest BCUT2D eigenvalue weighted by atomic mass is 10.0. The van der Waals surface area contributed by atoms with Gasteiger partial charge in [-0.2, -0.15) is 0 Å². The highest BCUT2D eigenvalue weighted by Crippen LogP contribution is 2.20. The first-order valence-electron chi connectivity index (χ1n) is 8.05. The Kier molecular flexibility index (Phi) is 6.21. The van der Waals surface area contributed by atoms with Crippen LogP contribution in [0.4, 0.5) is 5.69 Å². The van der Waals surface area contributed by atoms with E-state index in [1.54, 1.807) is 0 Å².